The van der Waals surface area contributed by atoms with Crippen LogP contribution in [0.25, 0.3) is 0 Å². The molecule has 1 saturated carbocycles. The smallest absolute Gasteiger partial charge is 0.248 e. The SMILES string of the molecule is CC(O)C(NC(=O)C1CC1)C(=O)N1C(C)CCC1C. The van der Waals surface area contributed by atoms with E-state index >= 15 is 0 Å². The van der Waals surface area contributed by atoms with Gasteiger partial charge in [0.1, 0.15) is 6.04 Å². The third-order valence-electron chi connectivity index (χ3n) is 4.20. The van der Waals surface area contributed by atoms with Gasteiger partial charge in [0.05, 0.1) is 6.10 Å². The van der Waals surface area contributed by atoms with E-state index in [0.717, 1.165) is 25.7 Å². The van der Waals surface area contributed by atoms with Crippen molar-refractivity contribution in [3.63, 3.8) is 0 Å². The van der Waals surface area contributed by atoms with Crippen LogP contribution in [0.3, 0.4) is 0 Å². The van der Waals surface area contributed by atoms with Gasteiger partial charge in [-0.1, -0.05) is 0 Å². The predicted octanol–water partition coefficient (Wildman–Crippen LogP) is 0.661. The molecule has 0 aromatic heterocycles. The molecule has 1 saturated heterocycles. The first-order chi connectivity index (χ1) is 8.91. The van der Waals surface area contributed by atoms with Crippen LogP contribution in [0.1, 0.15) is 46.5 Å². The van der Waals surface area contributed by atoms with Crippen LogP contribution in [0.5, 0.6) is 0 Å². The molecule has 5 nitrogen and oxygen atoms in total. The van der Waals surface area contributed by atoms with Crippen molar-refractivity contribution in [2.24, 2.45) is 5.92 Å². The molecule has 2 fully saturated rings. The van der Waals surface area contributed by atoms with Crippen molar-refractivity contribution in [2.75, 3.05) is 0 Å². The molecule has 0 bridgehead atoms. The van der Waals surface area contributed by atoms with Gasteiger partial charge in [0.2, 0.25) is 11.8 Å². The first-order valence-electron chi connectivity index (χ1n) is 7.22. The zero-order valence-electron chi connectivity index (χ0n) is 11.9. The Bertz CT molecular complexity index is 356. The number of likely N-dealkylation sites (tertiary alicyclic amines) is 1. The topological polar surface area (TPSA) is 69.6 Å². The van der Waals surface area contributed by atoms with Gasteiger partial charge in [-0.3, -0.25) is 9.59 Å². The quantitative estimate of drug-likeness (QED) is 0.787. The molecule has 0 aromatic carbocycles. The molecule has 0 spiro atoms. The molecule has 1 heterocycles. The number of nitrogens with zero attached hydrogens (tertiary/aromatic N) is 1. The van der Waals surface area contributed by atoms with Crippen molar-refractivity contribution < 1.29 is 14.7 Å². The summed E-state index contributed by atoms with van der Waals surface area (Å²) in [6.45, 7) is 5.59. The van der Waals surface area contributed by atoms with Crippen molar-refractivity contribution in [1.29, 1.82) is 0 Å². The maximum atomic E-state index is 12.5. The molecule has 19 heavy (non-hydrogen) atoms. The number of aliphatic hydroxyl groups excluding tert-OH is 1. The highest BCUT2D eigenvalue weighted by atomic mass is 16.3. The molecule has 4 atom stereocenters. The largest absolute Gasteiger partial charge is 0.391 e. The van der Waals surface area contributed by atoms with Crippen LogP contribution in [0.2, 0.25) is 0 Å². The minimum Gasteiger partial charge on any atom is -0.391 e. The fraction of sp³-hybridized carbons (Fsp3) is 0.857. The van der Waals surface area contributed by atoms with Crippen LogP contribution in [0.4, 0.5) is 0 Å². The number of amides is 2. The van der Waals surface area contributed by atoms with Crippen LogP contribution >= 0.6 is 0 Å². The van der Waals surface area contributed by atoms with Gasteiger partial charge in [-0.25, -0.2) is 0 Å². The van der Waals surface area contributed by atoms with Gasteiger partial charge in [-0.05, 0) is 46.5 Å². The first-order valence-corrected chi connectivity index (χ1v) is 7.22. The minimum atomic E-state index is -0.866. The summed E-state index contributed by atoms with van der Waals surface area (Å²) in [4.78, 5) is 26.2. The normalized spacial score (nSPS) is 30.0. The first kappa shape index (κ1) is 14.3. The Hall–Kier alpha value is -1.10. The van der Waals surface area contributed by atoms with Gasteiger partial charge in [0, 0.05) is 18.0 Å². The molecule has 0 aromatic rings. The average Bonchev–Trinajstić information content (AvgIpc) is 3.12. The number of hydrogen-bond acceptors (Lipinski definition) is 3. The highest BCUT2D eigenvalue weighted by molar-refractivity contribution is 5.90. The van der Waals surface area contributed by atoms with E-state index in [0.29, 0.717) is 0 Å². The summed E-state index contributed by atoms with van der Waals surface area (Å²) in [5.74, 6) is -0.206. The molecule has 2 aliphatic rings. The summed E-state index contributed by atoms with van der Waals surface area (Å²) in [5.41, 5.74) is 0. The highest BCUT2D eigenvalue weighted by Gasteiger charge is 2.39. The Morgan fingerprint density at radius 3 is 2.11 bits per heavy atom. The molecule has 1 aliphatic carbocycles. The molecular weight excluding hydrogens is 244 g/mol. The van der Waals surface area contributed by atoms with E-state index in [-0.39, 0.29) is 29.8 Å². The Morgan fingerprint density at radius 1 is 1.16 bits per heavy atom. The van der Waals surface area contributed by atoms with Crippen molar-refractivity contribution >= 4 is 11.8 Å². The van der Waals surface area contributed by atoms with E-state index in [1.54, 1.807) is 6.92 Å². The molecule has 2 N–H and O–H groups in total. The van der Waals surface area contributed by atoms with Gasteiger partial charge < -0.3 is 15.3 Å². The molecule has 2 amide bonds. The Morgan fingerprint density at radius 2 is 1.68 bits per heavy atom. The van der Waals surface area contributed by atoms with E-state index in [4.69, 9.17) is 0 Å². The lowest BCUT2D eigenvalue weighted by molar-refractivity contribution is -0.141. The molecule has 4 unspecified atom stereocenters. The Kier molecular flexibility index (Phi) is 4.13. The zero-order valence-corrected chi connectivity index (χ0v) is 11.9. The monoisotopic (exact) mass is 268 g/mol. The van der Waals surface area contributed by atoms with Crippen molar-refractivity contribution in [3.8, 4) is 0 Å². The maximum absolute atomic E-state index is 12.5. The van der Waals surface area contributed by atoms with Crippen LogP contribution < -0.4 is 5.32 Å². The third-order valence-corrected chi connectivity index (χ3v) is 4.20. The number of nitrogens with one attached hydrogen (secondary N) is 1. The second kappa shape index (κ2) is 5.49. The van der Waals surface area contributed by atoms with Gasteiger partial charge in [-0.2, -0.15) is 0 Å². The van der Waals surface area contributed by atoms with E-state index in [2.05, 4.69) is 5.32 Å². The van der Waals surface area contributed by atoms with E-state index in [9.17, 15) is 14.7 Å². The summed E-state index contributed by atoms with van der Waals surface area (Å²) in [7, 11) is 0. The predicted molar refractivity (Wildman–Crippen MR) is 71.3 cm³/mol. The van der Waals surface area contributed by atoms with E-state index < -0.39 is 12.1 Å². The van der Waals surface area contributed by atoms with Crippen LogP contribution in [0, 0.1) is 5.92 Å². The van der Waals surface area contributed by atoms with Gasteiger partial charge in [-0.15, -0.1) is 0 Å². The summed E-state index contributed by atoms with van der Waals surface area (Å²) >= 11 is 0. The van der Waals surface area contributed by atoms with Gasteiger partial charge >= 0.3 is 0 Å². The Balaban J connectivity index is 2.05. The van der Waals surface area contributed by atoms with Crippen molar-refractivity contribution in [1.82, 2.24) is 10.2 Å². The fourth-order valence-corrected chi connectivity index (χ4v) is 2.80. The molecule has 108 valence electrons. The minimum absolute atomic E-state index is 0.0440. The third kappa shape index (κ3) is 3.08. The molecule has 1 aliphatic heterocycles. The number of carbonyl (C=O) groups is 2. The van der Waals surface area contributed by atoms with Crippen LogP contribution in [-0.2, 0) is 9.59 Å². The maximum Gasteiger partial charge on any atom is 0.248 e. The van der Waals surface area contributed by atoms with Gasteiger partial charge in [0.25, 0.3) is 0 Å². The molecular formula is C14H24N2O3. The van der Waals surface area contributed by atoms with Crippen molar-refractivity contribution in [2.45, 2.75) is 70.7 Å². The van der Waals surface area contributed by atoms with Crippen LogP contribution in [-0.4, -0.2) is 46.1 Å². The Labute approximate surface area is 114 Å². The lowest BCUT2D eigenvalue weighted by Gasteiger charge is -2.32. The summed E-state index contributed by atoms with van der Waals surface area (Å²) in [6, 6.07) is -0.445. The zero-order chi connectivity index (χ0) is 14.2. The number of rotatable bonds is 4. The summed E-state index contributed by atoms with van der Waals surface area (Å²) in [5, 5.41) is 12.5. The number of hydrogen-bond donors (Lipinski definition) is 2. The second-order valence-electron chi connectivity index (χ2n) is 6.02. The van der Waals surface area contributed by atoms with Crippen molar-refractivity contribution in [3.05, 3.63) is 0 Å². The standard InChI is InChI=1S/C14H24N2O3/c1-8-4-5-9(2)16(8)14(19)12(10(3)17)15-13(18)11-6-7-11/h8-12,17H,4-7H2,1-3H3,(H,15,18). The molecule has 0 radical (unpaired) electrons. The lowest BCUT2D eigenvalue weighted by atomic mass is 10.1. The van der Waals surface area contributed by atoms with E-state index in [1.165, 1.54) is 0 Å². The fourth-order valence-electron chi connectivity index (χ4n) is 2.80. The van der Waals surface area contributed by atoms with E-state index in [1.807, 2.05) is 18.7 Å². The number of carbonyl (C=O) groups excluding carboxylic acids is 2. The summed E-state index contributed by atoms with van der Waals surface area (Å²) < 4.78 is 0. The van der Waals surface area contributed by atoms with Crippen LogP contribution in [0.15, 0.2) is 0 Å². The number of aliphatic hydroxyl groups is 1. The average molecular weight is 268 g/mol. The molecule has 5 heteroatoms. The van der Waals surface area contributed by atoms with Gasteiger partial charge in [0.15, 0.2) is 0 Å². The lowest BCUT2D eigenvalue weighted by Crippen LogP contribution is -2.56. The summed E-state index contributed by atoms with van der Waals surface area (Å²) in [6.07, 6.45) is 2.88. The molecule has 2 rings (SSSR count). The highest BCUT2D eigenvalue weighted by Crippen LogP contribution is 2.29. The second-order valence-corrected chi connectivity index (χ2v) is 6.02.